The second-order valence-corrected chi connectivity index (χ2v) is 5.06. The van der Waals surface area contributed by atoms with Crippen molar-refractivity contribution in [1.29, 1.82) is 0 Å². The zero-order valence-electron chi connectivity index (χ0n) is 12.0. The van der Waals surface area contributed by atoms with E-state index in [-0.39, 0.29) is 0 Å². The van der Waals surface area contributed by atoms with E-state index in [0.29, 0.717) is 11.7 Å². The highest BCUT2D eigenvalue weighted by atomic mass is 15.3. The lowest BCUT2D eigenvalue weighted by molar-refractivity contribution is 0.516. The summed E-state index contributed by atoms with van der Waals surface area (Å²) in [7, 11) is 0. The second-order valence-electron chi connectivity index (χ2n) is 5.06. The Labute approximate surface area is 116 Å². The minimum Gasteiger partial charge on any atom is -0.337 e. The van der Waals surface area contributed by atoms with Crippen molar-refractivity contribution < 1.29 is 0 Å². The third kappa shape index (κ3) is 1.91. The van der Waals surface area contributed by atoms with E-state index in [1.807, 2.05) is 11.6 Å². The molecule has 3 heterocycles. The summed E-state index contributed by atoms with van der Waals surface area (Å²) in [6, 6.07) is 0.323. The lowest BCUT2D eigenvalue weighted by atomic mass is 10.3. The first-order chi connectivity index (χ1) is 9.58. The van der Waals surface area contributed by atoms with Crippen LogP contribution in [0.3, 0.4) is 0 Å². The van der Waals surface area contributed by atoms with Gasteiger partial charge in [0.25, 0.3) is 0 Å². The number of anilines is 2. The quantitative estimate of drug-likeness (QED) is 0.764. The maximum absolute atomic E-state index is 4.56. The average Bonchev–Trinajstić information content (AvgIpc) is 2.98. The zero-order valence-corrected chi connectivity index (χ0v) is 12.0. The number of rotatable bonds is 3. The molecule has 0 aromatic carbocycles. The van der Waals surface area contributed by atoms with Gasteiger partial charge in [0, 0.05) is 6.04 Å². The summed E-state index contributed by atoms with van der Waals surface area (Å²) in [5.74, 6) is 0.734. The molecule has 0 fully saturated rings. The summed E-state index contributed by atoms with van der Waals surface area (Å²) in [6.07, 6.45) is 3.23. The SMILES string of the molecule is Cc1nn(C(C)C)c(C)c1Nc1ncnc2[nH]ncc12. The fourth-order valence-corrected chi connectivity index (χ4v) is 2.33. The van der Waals surface area contributed by atoms with E-state index in [1.165, 1.54) is 6.33 Å². The smallest absolute Gasteiger partial charge is 0.160 e. The largest absolute Gasteiger partial charge is 0.337 e. The van der Waals surface area contributed by atoms with E-state index >= 15 is 0 Å². The van der Waals surface area contributed by atoms with E-state index < -0.39 is 0 Å². The van der Waals surface area contributed by atoms with Crippen LogP contribution in [0.15, 0.2) is 12.5 Å². The first kappa shape index (κ1) is 12.6. The number of fused-ring (bicyclic) bond motifs is 1. The standard InChI is InChI=1S/C13H17N7/c1-7(2)20-9(4)11(8(3)19-20)17-12-10-5-16-18-13(10)15-6-14-12/h5-7H,1-4H3,(H2,14,15,16,17,18). The molecule has 2 N–H and O–H groups in total. The Morgan fingerprint density at radius 2 is 2.05 bits per heavy atom. The van der Waals surface area contributed by atoms with Crippen molar-refractivity contribution in [3.63, 3.8) is 0 Å². The van der Waals surface area contributed by atoms with Gasteiger partial charge < -0.3 is 5.32 Å². The molecule has 104 valence electrons. The number of hydrogen-bond donors (Lipinski definition) is 2. The highest BCUT2D eigenvalue weighted by Crippen LogP contribution is 2.27. The van der Waals surface area contributed by atoms with Crippen molar-refractivity contribution in [3.8, 4) is 0 Å². The summed E-state index contributed by atoms with van der Waals surface area (Å²) in [5.41, 5.74) is 3.74. The van der Waals surface area contributed by atoms with Crippen LogP contribution < -0.4 is 5.32 Å². The molecule has 0 atom stereocenters. The molecule has 0 radical (unpaired) electrons. The number of nitrogens with one attached hydrogen (secondary N) is 2. The fraction of sp³-hybridized carbons (Fsp3) is 0.385. The van der Waals surface area contributed by atoms with E-state index in [0.717, 1.165) is 28.3 Å². The van der Waals surface area contributed by atoms with Crippen molar-refractivity contribution in [2.75, 3.05) is 5.32 Å². The van der Waals surface area contributed by atoms with Crippen LogP contribution in [0.2, 0.25) is 0 Å². The van der Waals surface area contributed by atoms with Gasteiger partial charge in [0.1, 0.15) is 12.1 Å². The van der Waals surface area contributed by atoms with Gasteiger partial charge in [-0.2, -0.15) is 10.2 Å². The molecular weight excluding hydrogens is 254 g/mol. The Hall–Kier alpha value is -2.44. The van der Waals surface area contributed by atoms with E-state index in [2.05, 4.69) is 51.4 Å². The number of H-pyrrole nitrogens is 1. The van der Waals surface area contributed by atoms with E-state index in [9.17, 15) is 0 Å². The Morgan fingerprint density at radius 1 is 1.25 bits per heavy atom. The van der Waals surface area contributed by atoms with Crippen molar-refractivity contribution in [1.82, 2.24) is 29.9 Å². The minimum absolute atomic E-state index is 0.323. The van der Waals surface area contributed by atoms with E-state index in [4.69, 9.17) is 0 Å². The van der Waals surface area contributed by atoms with Gasteiger partial charge >= 0.3 is 0 Å². The molecule has 0 aliphatic carbocycles. The molecule has 20 heavy (non-hydrogen) atoms. The molecule has 3 rings (SSSR count). The predicted molar refractivity (Wildman–Crippen MR) is 77.1 cm³/mol. The minimum atomic E-state index is 0.323. The van der Waals surface area contributed by atoms with Crippen LogP contribution in [0.25, 0.3) is 11.0 Å². The Balaban J connectivity index is 2.05. The van der Waals surface area contributed by atoms with Gasteiger partial charge in [-0.15, -0.1) is 0 Å². The summed E-state index contributed by atoms with van der Waals surface area (Å²) in [5, 5.41) is 15.6. The highest BCUT2D eigenvalue weighted by Gasteiger charge is 2.15. The molecule has 0 spiro atoms. The summed E-state index contributed by atoms with van der Waals surface area (Å²) >= 11 is 0. The van der Waals surface area contributed by atoms with Crippen molar-refractivity contribution in [2.24, 2.45) is 0 Å². The zero-order chi connectivity index (χ0) is 14.3. The molecule has 0 amide bonds. The first-order valence-electron chi connectivity index (χ1n) is 6.54. The van der Waals surface area contributed by atoms with Gasteiger partial charge in [0.05, 0.1) is 28.7 Å². The van der Waals surface area contributed by atoms with Gasteiger partial charge in [-0.25, -0.2) is 9.97 Å². The third-order valence-electron chi connectivity index (χ3n) is 3.31. The Bertz CT molecular complexity index is 753. The first-order valence-corrected chi connectivity index (χ1v) is 6.54. The Kier molecular flexibility index (Phi) is 2.89. The summed E-state index contributed by atoms with van der Waals surface area (Å²) < 4.78 is 2.01. The molecule has 0 aliphatic rings. The number of nitrogens with zero attached hydrogens (tertiary/aromatic N) is 5. The van der Waals surface area contributed by atoms with Crippen molar-refractivity contribution in [3.05, 3.63) is 23.9 Å². The molecule has 0 unspecified atom stereocenters. The van der Waals surface area contributed by atoms with Gasteiger partial charge in [-0.05, 0) is 27.7 Å². The van der Waals surface area contributed by atoms with Gasteiger partial charge in [0.2, 0.25) is 0 Å². The lowest BCUT2D eigenvalue weighted by Crippen LogP contribution is -2.05. The molecule has 0 saturated heterocycles. The average molecular weight is 271 g/mol. The van der Waals surface area contributed by atoms with Gasteiger partial charge in [0.15, 0.2) is 5.65 Å². The monoisotopic (exact) mass is 271 g/mol. The summed E-state index contributed by atoms with van der Waals surface area (Å²) in [6.45, 7) is 8.27. The number of hydrogen-bond acceptors (Lipinski definition) is 5. The Morgan fingerprint density at radius 3 is 2.75 bits per heavy atom. The van der Waals surface area contributed by atoms with Crippen molar-refractivity contribution >= 4 is 22.5 Å². The maximum atomic E-state index is 4.56. The molecular formula is C13H17N7. The topological polar surface area (TPSA) is 84.3 Å². The number of aryl methyl sites for hydroxylation is 1. The summed E-state index contributed by atoms with van der Waals surface area (Å²) in [4.78, 5) is 8.42. The molecule has 3 aromatic rings. The third-order valence-corrected chi connectivity index (χ3v) is 3.31. The molecule has 7 heteroatoms. The van der Waals surface area contributed by atoms with Crippen LogP contribution in [0.5, 0.6) is 0 Å². The van der Waals surface area contributed by atoms with Crippen LogP contribution in [0, 0.1) is 13.8 Å². The molecule has 0 saturated carbocycles. The van der Waals surface area contributed by atoms with Crippen LogP contribution in [0.1, 0.15) is 31.3 Å². The number of aromatic nitrogens is 6. The van der Waals surface area contributed by atoms with Crippen LogP contribution in [-0.4, -0.2) is 29.9 Å². The van der Waals surface area contributed by atoms with Gasteiger partial charge in [-0.1, -0.05) is 0 Å². The molecule has 7 nitrogen and oxygen atoms in total. The molecule has 3 aromatic heterocycles. The normalized spacial score (nSPS) is 11.4. The van der Waals surface area contributed by atoms with Crippen LogP contribution in [-0.2, 0) is 0 Å². The van der Waals surface area contributed by atoms with E-state index in [1.54, 1.807) is 6.20 Å². The molecule has 0 aliphatic heterocycles. The van der Waals surface area contributed by atoms with Gasteiger partial charge in [-0.3, -0.25) is 9.78 Å². The number of aromatic amines is 1. The lowest BCUT2D eigenvalue weighted by Gasteiger charge is -2.09. The fourth-order valence-electron chi connectivity index (χ4n) is 2.33. The highest BCUT2D eigenvalue weighted by molar-refractivity contribution is 5.88. The predicted octanol–water partition coefficient (Wildman–Crippen LogP) is 2.49. The van der Waals surface area contributed by atoms with Crippen LogP contribution >= 0.6 is 0 Å². The second kappa shape index (κ2) is 4.59. The van der Waals surface area contributed by atoms with Crippen LogP contribution in [0.4, 0.5) is 11.5 Å². The van der Waals surface area contributed by atoms with Crippen molar-refractivity contribution in [2.45, 2.75) is 33.7 Å². The molecule has 0 bridgehead atoms. The maximum Gasteiger partial charge on any atom is 0.160 e.